The first-order valence-corrected chi connectivity index (χ1v) is 7.03. The van der Waals surface area contributed by atoms with E-state index in [1.807, 2.05) is 30.3 Å². The summed E-state index contributed by atoms with van der Waals surface area (Å²) in [6.45, 7) is 0.790. The number of carbonyl (C=O) groups excluding carboxylic acids is 1. The van der Waals surface area contributed by atoms with Gasteiger partial charge in [-0.25, -0.2) is 0 Å². The number of primary amides is 1. The lowest BCUT2D eigenvalue weighted by atomic mass is 10.1. The molecule has 104 valence electrons. The van der Waals surface area contributed by atoms with Gasteiger partial charge in [0, 0.05) is 28.0 Å². The molecular formula is C15H16BrN3O. The zero-order valence-corrected chi connectivity index (χ0v) is 12.5. The SMILES string of the molecule is NC(=O)c1ccc(NCCc2ccc(N)cc2)c(Br)c1. The van der Waals surface area contributed by atoms with Crippen LogP contribution >= 0.6 is 15.9 Å². The Morgan fingerprint density at radius 3 is 2.45 bits per heavy atom. The highest BCUT2D eigenvalue weighted by Gasteiger charge is 2.04. The van der Waals surface area contributed by atoms with Crippen molar-refractivity contribution in [3.63, 3.8) is 0 Å². The molecule has 0 aliphatic heterocycles. The summed E-state index contributed by atoms with van der Waals surface area (Å²) in [6.07, 6.45) is 0.893. The Balaban J connectivity index is 1.94. The average Bonchev–Trinajstić information content (AvgIpc) is 2.42. The van der Waals surface area contributed by atoms with Gasteiger partial charge in [0.25, 0.3) is 0 Å². The molecule has 5 heteroatoms. The third-order valence-corrected chi connectivity index (χ3v) is 3.62. The second-order valence-corrected chi connectivity index (χ2v) is 5.33. The molecule has 0 unspecified atom stereocenters. The van der Waals surface area contributed by atoms with Crippen LogP contribution in [0.3, 0.4) is 0 Å². The van der Waals surface area contributed by atoms with E-state index in [1.165, 1.54) is 5.56 Å². The van der Waals surface area contributed by atoms with E-state index < -0.39 is 5.91 Å². The molecular weight excluding hydrogens is 318 g/mol. The summed E-state index contributed by atoms with van der Waals surface area (Å²) < 4.78 is 0.825. The van der Waals surface area contributed by atoms with Crippen molar-refractivity contribution in [1.29, 1.82) is 0 Å². The molecule has 0 heterocycles. The molecule has 20 heavy (non-hydrogen) atoms. The maximum atomic E-state index is 11.1. The van der Waals surface area contributed by atoms with Gasteiger partial charge in [-0.3, -0.25) is 4.79 Å². The van der Waals surface area contributed by atoms with Crippen molar-refractivity contribution in [2.75, 3.05) is 17.6 Å². The minimum Gasteiger partial charge on any atom is -0.399 e. The van der Waals surface area contributed by atoms with Crippen LogP contribution in [0.25, 0.3) is 0 Å². The van der Waals surface area contributed by atoms with Crippen LogP contribution in [0.15, 0.2) is 46.9 Å². The molecule has 0 bridgehead atoms. The van der Waals surface area contributed by atoms with Crippen LogP contribution in [0, 0.1) is 0 Å². The van der Waals surface area contributed by atoms with Crippen LogP contribution in [0.4, 0.5) is 11.4 Å². The second-order valence-electron chi connectivity index (χ2n) is 4.48. The predicted molar refractivity (Wildman–Crippen MR) is 85.7 cm³/mol. The molecule has 2 rings (SSSR count). The van der Waals surface area contributed by atoms with E-state index in [2.05, 4.69) is 21.2 Å². The van der Waals surface area contributed by atoms with Crippen LogP contribution in [0.1, 0.15) is 15.9 Å². The monoisotopic (exact) mass is 333 g/mol. The number of amides is 1. The van der Waals surface area contributed by atoms with Crippen molar-refractivity contribution < 1.29 is 4.79 Å². The highest BCUT2D eigenvalue weighted by Crippen LogP contribution is 2.23. The predicted octanol–water partition coefficient (Wildman–Crippen LogP) is 2.78. The van der Waals surface area contributed by atoms with Crippen LogP contribution in [-0.2, 0) is 6.42 Å². The second kappa shape index (κ2) is 6.43. The molecule has 0 aliphatic carbocycles. The Kier molecular flexibility index (Phi) is 4.63. The van der Waals surface area contributed by atoms with Crippen LogP contribution in [0.5, 0.6) is 0 Å². The number of carbonyl (C=O) groups is 1. The van der Waals surface area contributed by atoms with E-state index in [4.69, 9.17) is 11.5 Å². The summed E-state index contributed by atoms with van der Waals surface area (Å²) >= 11 is 3.42. The highest BCUT2D eigenvalue weighted by atomic mass is 79.9. The fraction of sp³-hybridized carbons (Fsp3) is 0.133. The first-order chi connectivity index (χ1) is 9.56. The van der Waals surface area contributed by atoms with E-state index in [9.17, 15) is 4.79 Å². The van der Waals surface area contributed by atoms with E-state index in [-0.39, 0.29) is 0 Å². The number of nitrogens with one attached hydrogen (secondary N) is 1. The summed E-state index contributed by atoms with van der Waals surface area (Å²) in [5.41, 5.74) is 14.3. The topological polar surface area (TPSA) is 81.1 Å². The molecule has 2 aromatic rings. The van der Waals surface area contributed by atoms with Gasteiger partial charge in [0.1, 0.15) is 0 Å². The van der Waals surface area contributed by atoms with Gasteiger partial charge in [-0.05, 0) is 58.2 Å². The van der Waals surface area contributed by atoms with Crippen molar-refractivity contribution in [3.8, 4) is 0 Å². The van der Waals surface area contributed by atoms with E-state index >= 15 is 0 Å². The Bertz CT molecular complexity index is 611. The quantitative estimate of drug-likeness (QED) is 0.736. The molecule has 0 fully saturated rings. The normalized spacial score (nSPS) is 10.2. The molecule has 1 amide bonds. The first kappa shape index (κ1) is 14.4. The van der Waals surface area contributed by atoms with Crippen LogP contribution < -0.4 is 16.8 Å². The standard InChI is InChI=1S/C15H16BrN3O/c16-13-9-11(15(18)20)3-6-14(13)19-8-7-10-1-4-12(17)5-2-10/h1-6,9,19H,7-8,17H2,(H2,18,20). The van der Waals surface area contributed by atoms with Crippen LogP contribution in [0.2, 0.25) is 0 Å². The molecule has 0 atom stereocenters. The lowest BCUT2D eigenvalue weighted by Gasteiger charge is -2.09. The number of benzene rings is 2. The molecule has 4 nitrogen and oxygen atoms in total. The minimum atomic E-state index is -0.431. The van der Waals surface area contributed by atoms with E-state index in [0.717, 1.165) is 28.8 Å². The summed E-state index contributed by atoms with van der Waals surface area (Å²) in [6, 6.07) is 13.1. The molecule has 0 spiro atoms. The maximum absolute atomic E-state index is 11.1. The Hall–Kier alpha value is -2.01. The van der Waals surface area contributed by atoms with Gasteiger partial charge in [0.2, 0.25) is 5.91 Å². The number of hydrogen-bond donors (Lipinski definition) is 3. The van der Waals surface area contributed by atoms with Crippen molar-refractivity contribution in [2.24, 2.45) is 5.73 Å². The van der Waals surface area contributed by atoms with Gasteiger partial charge in [-0.2, -0.15) is 0 Å². The third-order valence-electron chi connectivity index (χ3n) is 2.96. The first-order valence-electron chi connectivity index (χ1n) is 6.24. The lowest BCUT2D eigenvalue weighted by molar-refractivity contribution is 0.100. The Labute approximate surface area is 126 Å². The maximum Gasteiger partial charge on any atom is 0.248 e. The summed E-state index contributed by atoms with van der Waals surface area (Å²) in [5.74, 6) is -0.431. The minimum absolute atomic E-state index is 0.431. The summed E-state index contributed by atoms with van der Waals surface area (Å²) in [5, 5.41) is 3.31. The molecule has 0 saturated heterocycles. The van der Waals surface area contributed by atoms with Gasteiger partial charge in [-0.1, -0.05) is 12.1 Å². The van der Waals surface area contributed by atoms with E-state index in [1.54, 1.807) is 12.1 Å². The molecule has 2 aromatic carbocycles. The third kappa shape index (κ3) is 3.74. The number of hydrogen-bond acceptors (Lipinski definition) is 3. The lowest BCUT2D eigenvalue weighted by Crippen LogP contribution is -2.11. The summed E-state index contributed by atoms with van der Waals surface area (Å²) in [4.78, 5) is 11.1. The Morgan fingerprint density at radius 2 is 1.85 bits per heavy atom. The van der Waals surface area contributed by atoms with Gasteiger partial charge in [-0.15, -0.1) is 0 Å². The number of nitrogen functional groups attached to an aromatic ring is 1. The fourth-order valence-corrected chi connectivity index (χ4v) is 2.36. The Morgan fingerprint density at radius 1 is 1.15 bits per heavy atom. The van der Waals surface area contributed by atoms with Gasteiger partial charge < -0.3 is 16.8 Å². The molecule has 0 aliphatic rings. The number of rotatable bonds is 5. The fourth-order valence-electron chi connectivity index (χ4n) is 1.84. The highest BCUT2D eigenvalue weighted by molar-refractivity contribution is 9.10. The van der Waals surface area contributed by atoms with E-state index in [0.29, 0.717) is 5.56 Å². The zero-order chi connectivity index (χ0) is 14.5. The molecule has 0 saturated carbocycles. The molecule has 5 N–H and O–H groups in total. The van der Waals surface area contributed by atoms with Crippen molar-refractivity contribution >= 4 is 33.2 Å². The molecule has 0 radical (unpaired) electrons. The average molecular weight is 334 g/mol. The van der Waals surface area contributed by atoms with Gasteiger partial charge >= 0.3 is 0 Å². The molecule has 0 aromatic heterocycles. The van der Waals surface area contributed by atoms with Gasteiger partial charge in [0.05, 0.1) is 0 Å². The number of anilines is 2. The number of halogens is 1. The van der Waals surface area contributed by atoms with Crippen molar-refractivity contribution in [3.05, 3.63) is 58.1 Å². The number of nitrogens with two attached hydrogens (primary N) is 2. The largest absolute Gasteiger partial charge is 0.399 e. The summed E-state index contributed by atoms with van der Waals surface area (Å²) in [7, 11) is 0. The van der Waals surface area contributed by atoms with Crippen molar-refractivity contribution in [1.82, 2.24) is 0 Å². The van der Waals surface area contributed by atoms with Crippen molar-refractivity contribution in [2.45, 2.75) is 6.42 Å². The van der Waals surface area contributed by atoms with Crippen LogP contribution in [-0.4, -0.2) is 12.5 Å². The van der Waals surface area contributed by atoms with Gasteiger partial charge in [0.15, 0.2) is 0 Å². The smallest absolute Gasteiger partial charge is 0.248 e. The zero-order valence-electron chi connectivity index (χ0n) is 10.9.